The van der Waals surface area contributed by atoms with Crippen LogP contribution in [-0.2, 0) is 4.74 Å². The molecular weight excluding hydrogens is 115 g/mol. The van der Waals surface area contributed by atoms with E-state index in [1.54, 1.807) is 6.92 Å². The van der Waals surface area contributed by atoms with Gasteiger partial charge < -0.3 is 9.84 Å². The molecule has 1 heterocycles. The Bertz CT molecular complexity index is 81.8. The van der Waals surface area contributed by atoms with Crippen molar-refractivity contribution in [3.05, 3.63) is 0 Å². The highest BCUT2D eigenvalue weighted by Gasteiger charge is 2.50. The number of rotatable bonds is 1. The van der Waals surface area contributed by atoms with Crippen molar-refractivity contribution in [3.63, 3.8) is 0 Å². The Balaban J connectivity index is 2.36. The average Bonchev–Trinajstić information content (AvgIpc) is 2.18. The minimum atomic E-state index is -0.429. The van der Waals surface area contributed by atoms with Crippen molar-refractivity contribution in [2.45, 2.75) is 18.1 Å². The number of epoxide rings is 1. The Morgan fingerprint density at radius 1 is 2.00 bits per heavy atom. The van der Waals surface area contributed by atoms with Crippen molar-refractivity contribution >= 4 is 11.6 Å². The molecule has 0 amide bonds. The van der Waals surface area contributed by atoms with E-state index in [-0.39, 0.29) is 12.2 Å². The molecule has 0 bridgehead atoms. The third kappa shape index (κ3) is 0.738. The second-order valence-electron chi connectivity index (χ2n) is 1.90. The molecule has 0 saturated carbocycles. The van der Waals surface area contributed by atoms with Crippen molar-refractivity contribution in [1.82, 2.24) is 0 Å². The molecule has 7 heavy (non-hydrogen) atoms. The molecule has 2 atom stereocenters. The van der Waals surface area contributed by atoms with E-state index < -0.39 is 5.60 Å². The van der Waals surface area contributed by atoms with Gasteiger partial charge in [0.15, 0.2) is 5.56 Å². The van der Waals surface area contributed by atoms with Crippen LogP contribution in [0.2, 0.25) is 0 Å². The SMILES string of the molecule is C[C@@]1(CO)OC1Cl. The smallest absolute Gasteiger partial charge is 0.163 e. The lowest BCUT2D eigenvalue weighted by Gasteiger charge is -1.92. The molecule has 0 aromatic carbocycles. The molecule has 3 heteroatoms. The maximum atomic E-state index is 8.43. The lowest BCUT2D eigenvalue weighted by Crippen LogP contribution is -2.11. The summed E-state index contributed by atoms with van der Waals surface area (Å²) in [6, 6.07) is 0. The van der Waals surface area contributed by atoms with Gasteiger partial charge in [-0.25, -0.2) is 0 Å². The van der Waals surface area contributed by atoms with Gasteiger partial charge in [0.1, 0.15) is 5.60 Å². The monoisotopic (exact) mass is 122 g/mol. The summed E-state index contributed by atoms with van der Waals surface area (Å²) in [4.78, 5) is 0. The Hall–Kier alpha value is 0.210. The van der Waals surface area contributed by atoms with Gasteiger partial charge in [0.05, 0.1) is 6.61 Å². The van der Waals surface area contributed by atoms with Crippen LogP contribution in [-0.4, -0.2) is 22.9 Å². The van der Waals surface area contributed by atoms with E-state index in [1.807, 2.05) is 0 Å². The van der Waals surface area contributed by atoms with E-state index in [2.05, 4.69) is 0 Å². The second-order valence-corrected chi connectivity index (χ2v) is 2.30. The average molecular weight is 123 g/mol. The molecule has 1 fully saturated rings. The van der Waals surface area contributed by atoms with Gasteiger partial charge in [-0.15, -0.1) is 0 Å². The van der Waals surface area contributed by atoms with E-state index in [0.717, 1.165) is 0 Å². The maximum absolute atomic E-state index is 8.43. The molecule has 0 aromatic heterocycles. The first-order valence-corrected chi connectivity index (χ1v) is 2.55. The number of alkyl halides is 1. The van der Waals surface area contributed by atoms with Gasteiger partial charge in [-0.05, 0) is 6.92 Å². The van der Waals surface area contributed by atoms with Crippen LogP contribution in [0.1, 0.15) is 6.92 Å². The summed E-state index contributed by atoms with van der Waals surface area (Å²) in [5, 5.41) is 8.43. The zero-order chi connectivity index (χ0) is 5.49. The number of ether oxygens (including phenoxy) is 1. The highest BCUT2D eigenvalue weighted by Crippen LogP contribution is 2.37. The Kier molecular flexibility index (Phi) is 1.02. The minimum Gasteiger partial charge on any atom is -0.393 e. The molecule has 0 aromatic rings. The van der Waals surface area contributed by atoms with Crippen LogP contribution in [0.25, 0.3) is 0 Å². The highest BCUT2D eigenvalue weighted by molar-refractivity contribution is 6.22. The number of halogens is 1. The van der Waals surface area contributed by atoms with Gasteiger partial charge in [0, 0.05) is 0 Å². The summed E-state index contributed by atoms with van der Waals surface area (Å²) in [7, 11) is 0. The largest absolute Gasteiger partial charge is 0.393 e. The minimum absolute atomic E-state index is 0.0150. The van der Waals surface area contributed by atoms with Crippen LogP contribution >= 0.6 is 11.6 Å². The van der Waals surface area contributed by atoms with Crippen LogP contribution < -0.4 is 0 Å². The van der Waals surface area contributed by atoms with Gasteiger partial charge >= 0.3 is 0 Å². The normalized spacial score (nSPS) is 49.3. The number of hydrogen-bond donors (Lipinski definition) is 1. The first-order chi connectivity index (χ1) is 3.19. The quantitative estimate of drug-likeness (QED) is 0.402. The van der Waals surface area contributed by atoms with E-state index in [9.17, 15) is 0 Å². The number of aliphatic hydroxyl groups excluding tert-OH is 1. The van der Waals surface area contributed by atoms with E-state index in [4.69, 9.17) is 21.4 Å². The molecule has 2 nitrogen and oxygen atoms in total. The molecule has 1 unspecified atom stereocenters. The van der Waals surface area contributed by atoms with Gasteiger partial charge in [-0.3, -0.25) is 0 Å². The highest BCUT2D eigenvalue weighted by atomic mass is 35.5. The Morgan fingerprint density at radius 3 is 2.43 bits per heavy atom. The third-order valence-corrected chi connectivity index (χ3v) is 1.66. The molecule has 0 radical (unpaired) electrons. The molecule has 1 rings (SSSR count). The summed E-state index contributed by atoms with van der Waals surface area (Å²) in [6.07, 6.45) is 0. The van der Waals surface area contributed by atoms with E-state index in [1.165, 1.54) is 0 Å². The van der Waals surface area contributed by atoms with Crippen molar-refractivity contribution < 1.29 is 9.84 Å². The zero-order valence-electron chi connectivity index (χ0n) is 4.02. The van der Waals surface area contributed by atoms with Crippen molar-refractivity contribution in [2.75, 3.05) is 6.61 Å². The summed E-state index contributed by atoms with van der Waals surface area (Å²) < 4.78 is 4.77. The van der Waals surface area contributed by atoms with Crippen molar-refractivity contribution in [3.8, 4) is 0 Å². The lowest BCUT2D eigenvalue weighted by atomic mass is 10.2. The van der Waals surface area contributed by atoms with Crippen LogP contribution in [0.15, 0.2) is 0 Å². The van der Waals surface area contributed by atoms with Crippen molar-refractivity contribution in [2.24, 2.45) is 0 Å². The zero-order valence-corrected chi connectivity index (χ0v) is 4.77. The van der Waals surface area contributed by atoms with E-state index >= 15 is 0 Å². The predicted octanol–water partition coefficient (Wildman–Crippen LogP) is 0.333. The molecule has 1 aliphatic heterocycles. The summed E-state index contributed by atoms with van der Waals surface area (Å²) in [5.41, 5.74) is -0.695. The fraction of sp³-hybridized carbons (Fsp3) is 1.00. The fourth-order valence-corrected chi connectivity index (χ4v) is 0.584. The maximum Gasteiger partial charge on any atom is 0.163 e. The predicted molar refractivity (Wildman–Crippen MR) is 26.2 cm³/mol. The molecule has 1 N–H and O–H groups in total. The van der Waals surface area contributed by atoms with Gasteiger partial charge in [-0.1, -0.05) is 11.6 Å². The summed E-state index contributed by atoms with van der Waals surface area (Å²) in [5.74, 6) is 0. The Labute approximate surface area is 47.0 Å². The lowest BCUT2D eigenvalue weighted by molar-refractivity contribution is 0.185. The van der Waals surface area contributed by atoms with E-state index in [0.29, 0.717) is 0 Å². The molecule has 1 saturated heterocycles. The number of aliphatic hydroxyl groups is 1. The first-order valence-electron chi connectivity index (χ1n) is 2.12. The van der Waals surface area contributed by atoms with Gasteiger partial charge in [-0.2, -0.15) is 0 Å². The standard InChI is InChI=1S/C4H7ClO2/c1-4(2-6)3(5)7-4/h3,6H,2H2,1H3/t3?,4-/m0/s1. The van der Waals surface area contributed by atoms with Crippen LogP contribution in [0.3, 0.4) is 0 Å². The first kappa shape index (κ1) is 5.35. The molecule has 1 aliphatic rings. The number of hydrogen-bond acceptors (Lipinski definition) is 2. The summed E-state index contributed by atoms with van der Waals surface area (Å²) >= 11 is 5.41. The molecule has 42 valence electrons. The van der Waals surface area contributed by atoms with Crippen LogP contribution in [0.5, 0.6) is 0 Å². The molecule has 0 spiro atoms. The van der Waals surface area contributed by atoms with Crippen molar-refractivity contribution in [1.29, 1.82) is 0 Å². The van der Waals surface area contributed by atoms with Gasteiger partial charge in [0.25, 0.3) is 0 Å². The van der Waals surface area contributed by atoms with Gasteiger partial charge in [0.2, 0.25) is 0 Å². The van der Waals surface area contributed by atoms with Crippen LogP contribution in [0.4, 0.5) is 0 Å². The Morgan fingerprint density at radius 2 is 2.43 bits per heavy atom. The fourth-order valence-electron chi connectivity index (χ4n) is 0.311. The van der Waals surface area contributed by atoms with Crippen LogP contribution in [0, 0.1) is 0 Å². The third-order valence-electron chi connectivity index (χ3n) is 1.11. The summed E-state index contributed by atoms with van der Waals surface area (Å²) in [6.45, 7) is 1.78. The molecule has 0 aliphatic carbocycles. The topological polar surface area (TPSA) is 32.8 Å². The molecular formula is C4H7ClO2. The second kappa shape index (κ2) is 1.34.